The molecule has 0 radical (unpaired) electrons. The largest absolute Gasteiger partial charge is 0.337 e. The highest BCUT2D eigenvalue weighted by atomic mass is 16.5. The van der Waals surface area contributed by atoms with Crippen LogP contribution in [0.3, 0.4) is 0 Å². The molecule has 18 heavy (non-hydrogen) atoms. The molecule has 0 aromatic carbocycles. The molecule has 0 bridgehead atoms. The molecule has 1 fully saturated rings. The van der Waals surface area contributed by atoms with Crippen molar-refractivity contribution in [3.05, 3.63) is 11.7 Å². The molecule has 1 aromatic heterocycles. The van der Waals surface area contributed by atoms with Crippen LogP contribution < -0.4 is 5.73 Å². The monoisotopic (exact) mass is 251 g/mol. The van der Waals surface area contributed by atoms with Crippen LogP contribution in [0.1, 0.15) is 76.9 Å². The van der Waals surface area contributed by atoms with Crippen LogP contribution in [0.2, 0.25) is 0 Å². The van der Waals surface area contributed by atoms with E-state index in [9.17, 15) is 0 Å². The third-order valence-electron chi connectivity index (χ3n) is 4.39. The van der Waals surface area contributed by atoms with Gasteiger partial charge >= 0.3 is 0 Å². The Balaban J connectivity index is 2.10. The lowest BCUT2D eigenvalue weighted by atomic mass is 9.80. The number of nitrogens with zero attached hydrogens (tertiary/aromatic N) is 2. The number of rotatable bonds is 4. The van der Waals surface area contributed by atoms with Gasteiger partial charge in [0.15, 0.2) is 5.82 Å². The molecular formula is C14H25N3O. The van der Waals surface area contributed by atoms with Gasteiger partial charge in [-0.15, -0.1) is 0 Å². The minimum Gasteiger partial charge on any atom is -0.337 e. The van der Waals surface area contributed by atoms with Crippen LogP contribution in [0.15, 0.2) is 4.52 Å². The number of hydrogen-bond acceptors (Lipinski definition) is 4. The molecule has 0 amide bonds. The van der Waals surface area contributed by atoms with Crippen molar-refractivity contribution in [1.82, 2.24) is 10.1 Å². The topological polar surface area (TPSA) is 64.9 Å². The van der Waals surface area contributed by atoms with Gasteiger partial charge in [0.1, 0.15) is 0 Å². The van der Waals surface area contributed by atoms with E-state index in [1.165, 1.54) is 32.1 Å². The van der Waals surface area contributed by atoms with E-state index in [-0.39, 0.29) is 0 Å². The maximum absolute atomic E-state index is 6.14. The lowest BCUT2D eigenvalue weighted by molar-refractivity contribution is 0.279. The van der Waals surface area contributed by atoms with Gasteiger partial charge in [-0.3, -0.25) is 0 Å². The Labute approximate surface area is 109 Å². The van der Waals surface area contributed by atoms with Crippen LogP contribution in [0.25, 0.3) is 0 Å². The predicted octanol–water partition coefficient (Wildman–Crippen LogP) is 3.34. The van der Waals surface area contributed by atoms with Crippen molar-refractivity contribution in [3.63, 3.8) is 0 Å². The van der Waals surface area contributed by atoms with Crippen molar-refractivity contribution in [2.45, 2.75) is 70.8 Å². The van der Waals surface area contributed by atoms with Gasteiger partial charge < -0.3 is 10.3 Å². The molecule has 1 heterocycles. The Bertz CT molecular complexity index is 386. The second-order valence-corrected chi connectivity index (χ2v) is 5.87. The third kappa shape index (κ3) is 2.74. The first-order chi connectivity index (χ1) is 8.56. The average molecular weight is 251 g/mol. The SMILES string of the molecule is CCC1CCCC(c2noc(C(C)(N)CC)n2)C1. The van der Waals surface area contributed by atoms with Gasteiger partial charge in [-0.2, -0.15) is 4.98 Å². The molecule has 1 aromatic rings. The van der Waals surface area contributed by atoms with Crippen LogP contribution in [0, 0.1) is 5.92 Å². The average Bonchev–Trinajstić information content (AvgIpc) is 2.89. The summed E-state index contributed by atoms with van der Waals surface area (Å²) < 4.78 is 5.36. The highest BCUT2D eigenvalue weighted by Crippen LogP contribution is 2.36. The summed E-state index contributed by atoms with van der Waals surface area (Å²) in [5.41, 5.74) is 5.64. The van der Waals surface area contributed by atoms with E-state index in [0.717, 1.165) is 18.2 Å². The van der Waals surface area contributed by atoms with Gasteiger partial charge in [0.25, 0.3) is 0 Å². The first-order valence-corrected chi connectivity index (χ1v) is 7.19. The molecule has 1 saturated carbocycles. The standard InChI is InChI=1S/C14H25N3O/c1-4-10-7-6-8-11(9-10)12-16-13(18-17-12)14(3,15)5-2/h10-11H,4-9,15H2,1-3H3. The summed E-state index contributed by atoms with van der Waals surface area (Å²) in [5.74, 6) is 2.74. The summed E-state index contributed by atoms with van der Waals surface area (Å²) >= 11 is 0. The molecule has 0 saturated heterocycles. The Morgan fingerprint density at radius 3 is 2.83 bits per heavy atom. The lowest BCUT2D eigenvalue weighted by Crippen LogP contribution is -2.32. The number of hydrogen-bond donors (Lipinski definition) is 1. The maximum Gasteiger partial charge on any atom is 0.246 e. The van der Waals surface area contributed by atoms with Crippen molar-refractivity contribution >= 4 is 0 Å². The third-order valence-corrected chi connectivity index (χ3v) is 4.39. The second-order valence-electron chi connectivity index (χ2n) is 5.87. The van der Waals surface area contributed by atoms with Gasteiger partial charge in [0.2, 0.25) is 5.89 Å². The van der Waals surface area contributed by atoms with Crippen LogP contribution in [-0.2, 0) is 5.54 Å². The second kappa shape index (κ2) is 5.39. The molecule has 3 atom stereocenters. The minimum atomic E-state index is -0.496. The summed E-state index contributed by atoms with van der Waals surface area (Å²) in [7, 11) is 0. The molecule has 4 nitrogen and oxygen atoms in total. The first kappa shape index (κ1) is 13.5. The highest BCUT2D eigenvalue weighted by Gasteiger charge is 2.30. The van der Waals surface area contributed by atoms with Gasteiger partial charge in [-0.25, -0.2) is 0 Å². The maximum atomic E-state index is 6.14. The van der Waals surface area contributed by atoms with Crippen LogP contribution in [0.4, 0.5) is 0 Å². The molecule has 0 aliphatic heterocycles. The Kier molecular flexibility index (Phi) is 4.05. The summed E-state index contributed by atoms with van der Waals surface area (Å²) in [6.45, 7) is 6.25. The van der Waals surface area contributed by atoms with Crippen molar-refractivity contribution in [2.75, 3.05) is 0 Å². The van der Waals surface area contributed by atoms with E-state index in [4.69, 9.17) is 10.3 Å². The van der Waals surface area contributed by atoms with Crippen LogP contribution in [0.5, 0.6) is 0 Å². The lowest BCUT2D eigenvalue weighted by Gasteiger charge is -2.26. The van der Waals surface area contributed by atoms with E-state index in [1.807, 2.05) is 13.8 Å². The molecular weight excluding hydrogens is 226 g/mol. The molecule has 3 unspecified atom stereocenters. The van der Waals surface area contributed by atoms with Crippen LogP contribution in [-0.4, -0.2) is 10.1 Å². The molecule has 102 valence electrons. The summed E-state index contributed by atoms with van der Waals surface area (Å²) in [6, 6.07) is 0. The Morgan fingerprint density at radius 1 is 1.39 bits per heavy atom. The fraction of sp³-hybridized carbons (Fsp3) is 0.857. The van der Waals surface area contributed by atoms with Gasteiger partial charge in [-0.1, -0.05) is 38.3 Å². The van der Waals surface area contributed by atoms with Crippen molar-refractivity contribution in [3.8, 4) is 0 Å². The normalized spacial score (nSPS) is 28.0. The predicted molar refractivity (Wildman–Crippen MR) is 71.1 cm³/mol. The van der Waals surface area contributed by atoms with Gasteiger partial charge in [0, 0.05) is 5.92 Å². The zero-order valence-corrected chi connectivity index (χ0v) is 11.8. The first-order valence-electron chi connectivity index (χ1n) is 7.19. The van der Waals surface area contributed by atoms with E-state index in [1.54, 1.807) is 0 Å². The summed E-state index contributed by atoms with van der Waals surface area (Å²) in [4.78, 5) is 4.54. The molecule has 4 heteroatoms. The van der Waals surface area contributed by atoms with Crippen LogP contribution >= 0.6 is 0 Å². The van der Waals surface area contributed by atoms with Crippen molar-refractivity contribution in [2.24, 2.45) is 11.7 Å². The minimum absolute atomic E-state index is 0.467. The van der Waals surface area contributed by atoms with Gasteiger partial charge in [-0.05, 0) is 32.1 Å². The molecule has 2 rings (SSSR count). The number of nitrogens with two attached hydrogens (primary N) is 1. The number of aromatic nitrogens is 2. The zero-order chi connectivity index (χ0) is 13.2. The van der Waals surface area contributed by atoms with Crippen molar-refractivity contribution in [1.29, 1.82) is 0 Å². The van der Waals surface area contributed by atoms with E-state index in [0.29, 0.717) is 11.8 Å². The van der Waals surface area contributed by atoms with E-state index >= 15 is 0 Å². The molecule has 2 N–H and O–H groups in total. The molecule has 1 aliphatic rings. The van der Waals surface area contributed by atoms with E-state index < -0.39 is 5.54 Å². The zero-order valence-electron chi connectivity index (χ0n) is 11.8. The smallest absolute Gasteiger partial charge is 0.246 e. The molecule has 1 aliphatic carbocycles. The van der Waals surface area contributed by atoms with E-state index in [2.05, 4.69) is 17.1 Å². The fourth-order valence-electron chi connectivity index (χ4n) is 2.68. The Hall–Kier alpha value is -0.900. The Morgan fingerprint density at radius 2 is 2.17 bits per heavy atom. The molecule has 0 spiro atoms. The van der Waals surface area contributed by atoms with Gasteiger partial charge in [0.05, 0.1) is 5.54 Å². The van der Waals surface area contributed by atoms with Crippen molar-refractivity contribution < 1.29 is 4.52 Å². The fourth-order valence-corrected chi connectivity index (χ4v) is 2.68. The quantitative estimate of drug-likeness (QED) is 0.891. The summed E-state index contributed by atoms with van der Waals surface area (Å²) in [6.07, 6.45) is 7.06. The summed E-state index contributed by atoms with van der Waals surface area (Å²) in [5, 5.41) is 4.16. The highest BCUT2D eigenvalue weighted by molar-refractivity contribution is 5.03.